The van der Waals surface area contributed by atoms with Crippen LogP contribution in [-0.2, 0) is 4.79 Å². The third kappa shape index (κ3) is 3.05. The van der Waals surface area contributed by atoms with Gasteiger partial charge in [0.25, 0.3) is 0 Å². The number of aromatic nitrogens is 2. The van der Waals surface area contributed by atoms with Gasteiger partial charge in [0.1, 0.15) is 33.5 Å². The van der Waals surface area contributed by atoms with Crippen molar-refractivity contribution in [2.45, 2.75) is 12.8 Å². The van der Waals surface area contributed by atoms with Gasteiger partial charge in [-0.25, -0.2) is 18.7 Å². The Kier molecular flexibility index (Phi) is 3.84. The number of thiazole rings is 1. The fraction of sp³-hybridized carbons (Fsp3) is 0.235. The molecule has 1 N–H and O–H groups in total. The van der Waals surface area contributed by atoms with Gasteiger partial charge in [-0.1, -0.05) is 17.4 Å². The molecule has 2 heterocycles. The van der Waals surface area contributed by atoms with Crippen molar-refractivity contribution in [1.29, 1.82) is 0 Å². The van der Waals surface area contributed by atoms with Gasteiger partial charge >= 0.3 is 0 Å². The Morgan fingerprint density at radius 1 is 1.20 bits per heavy atom. The van der Waals surface area contributed by atoms with Crippen molar-refractivity contribution in [2.75, 3.05) is 17.3 Å². The minimum atomic E-state index is -0.661. The van der Waals surface area contributed by atoms with E-state index in [1.165, 1.54) is 34.4 Å². The highest BCUT2D eigenvalue weighted by Crippen LogP contribution is 2.33. The van der Waals surface area contributed by atoms with E-state index in [-0.39, 0.29) is 17.5 Å². The van der Waals surface area contributed by atoms with E-state index in [1.807, 2.05) is 0 Å². The van der Waals surface area contributed by atoms with Crippen LogP contribution in [0.1, 0.15) is 12.8 Å². The maximum atomic E-state index is 14.0. The van der Waals surface area contributed by atoms with Crippen LogP contribution in [0.3, 0.4) is 0 Å². The highest BCUT2D eigenvalue weighted by Gasteiger charge is 2.30. The molecule has 0 unspecified atom stereocenters. The Bertz CT molecular complexity index is 950. The van der Waals surface area contributed by atoms with Crippen LogP contribution in [0.5, 0.6) is 0 Å². The van der Waals surface area contributed by atoms with E-state index < -0.39 is 11.6 Å². The van der Waals surface area contributed by atoms with Crippen LogP contribution in [0.4, 0.5) is 25.4 Å². The highest BCUT2D eigenvalue weighted by molar-refractivity contribution is 7.22. The molecule has 1 saturated carbocycles. The molecule has 5 nitrogen and oxygen atoms in total. The van der Waals surface area contributed by atoms with Gasteiger partial charge in [-0.05, 0) is 37.1 Å². The smallest absolute Gasteiger partial charge is 0.229 e. The minimum Gasteiger partial charge on any atom is -0.325 e. The summed E-state index contributed by atoms with van der Waals surface area (Å²) in [5.74, 6) is -0.868. The van der Waals surface area contributed by atoms with Gasteiger partial charge in [0.15, 0.2) is 5.13 Å². The van der Waals surface area contributed by atoms with E-state index >= 15 is 0 Å². The molecule has 0 bridgehead atoms. The first-order chi connectivity index (χ1) is 12.0. The molecule has 1 aromatic carbocycles. The summed E-state index contributed by atoms with van der Waals surface area (Å²) in [5, 5.41) is 3.27. The molecular formula is C17H14F2N4OS. The Morgan fingerprint density at radius 2 is 1.92 bits per heavy atom. The third-order valence-electron chi connectivity index (χ3n) is 4.04. The average Bonchev–Trinajstić information content (AvgIpc) is 3.35. The highest BCUT2D eigenvalue weighted by atomic mass is 32.1. The van der Waals surface area contributed by atoms with Gasteiger partial charge < -0.3 is 10.2 Å². The second-order valence-electron chi connectivity index (χ2n) is 5.91. The summed E-state index contributed by atoms with van der Waals surface area (Å²) in [6.45, 7) is 0. The molecule has 0 radical (unpaired) electrons. The summed E-state index contributed by atoms with van der Waals surface area (Å²) in [7, 11) is 1.55. The summed E-state index contributed by atoms with van der Waals surface area (Å²) < 4.78 is 27.9. The number of rotatable bonds is 4. The summed E-state index contributed by atoms with van der Waals surface area (Å²) >= 11 is 1.24. The Morgan fingerprint density at radius 3 is 2.60 bits per heavy atom. The SMILES string of the molecule is CN(c1ccc2nc(NC(=O)C3CC3)sc2n1)c1c(F)cccc1F. The van der Waals surface area contributed by atoms with E-state index in [4.69, 9.17) is 0 Å². The van der Waals surface area contributed by atoms with E-state index in [9.17, 15) is 13.6 Å². The lowest BCUT2D eigenvalue weighted by Gasteiger charge is -2.19. The van der Waals surface area contributed by atoms with Crippen LogP contribution in [0.15, 0.2) is 30.3 Å². The summed E-state index contributed by atoms with van der Waals surface area (Å²) in [6, 6.07) is 7.07. The first kappa shape index (κ1) is 15.9. The molecule has 128 valence electrons. The van der Waals surface area contributed by atoms with E-state index in [0.717, 1.165) is 12.8 Å². The zero-order valence-electron chi connectivity index (χ0n) is 13.3. The Labute approximate surface area is 146 Å². The van der Waals surface area contributed by atoms with Crippen LogP contribution in [0.25, 0.3) is 10.3 Å². The fourth-order valence-electron chi connectivity index (χ4n) is 2.52. The molecule has 1 aliphatic carbocycles. The van der Waals surface area contributed by atoms with Crippen molar-refractivity contribution >= 4 is 44.2 Å². The average molecular weight is 360 g/mol. The number of nitrogens with one attached hydrogen (secondary N) is 1. The number of hydrogen-bond donors (Lipinski definition) is 1. The Balaban J connectivity index is 1.65. The number of halogens is 2. The molecule has 25 heavy (non-hydrogen) atoms. The number of nitrogens with zero attached hydrogens (tertiary/aromatic N) is 3. The molecule has 2 aromatic heterocycles. The van der Waals surface area contributed by atoms with Crippen LogP contribution in [-0.4, -0.2) is 22.9 Å². The van der Waals surface area contributed by atoms with E-state index in [1.54, 1.807) is 19.2 Å². The number of carbonyl (C=O) groups is 1. The van der Waals surface area contributed by atoms with Gasteiger partial charge in [-0.3, -0.25) is 4.79 Å². The third-order valence-corrected chi connectivity index (χ3v) is 4.92. The van der Waals surface area contributed by atoms with E-state index in [2.05, 4.69) is 15.3 Å². The normalized spacial score (nSPS) is 13.9. The Hall–Kier alpha value is -2.61. The number of amides is 1. The number of anilines is 3. The van der Waals surface area contributed by atoms with Crippen molar-refractivity contribution in [3.63, 3.8) is 0 Å². The van der Waals surface area contributed by atoms with Crippen LogP contribution >= 0.6 is 11.3 Å². The maximum Gasteiger partial charge on any atom is 0.229 e. The summed E-state index contributed by atoms with van der Waals surface area (Å²) in [5.41, 5.74) is 0.461. The number of fused-ring (bicyclic) bond motifs is 1. The number of hydrogen-bond acceptors (Lipinski definition) is 5. The summed E-state index contributed by atoms with van der Waals surface area (Å²) in [6.07, 6.45) is 1.83. The predicted molar refractivity (Wildman–Crippen MR) is 93.2 cm³/mol. The molecule has 0 atom stereocenters. The molecule has 0 aliphatic heterocycles. The fourth-order valence-corrected chi connectivity index (χ4v) is 3.36. The largest absolute Gasteiger partial charge is 0.325 e. The second-order valence-corrected chi connectivity index (χ2v) is 6.88. The monoisotopic (exact) mass is 360 g/mol. The number of pyridine rings is 1. The first-order valence-corrected chi connectivity index (χ1v) is 8.61. The molecule has 4 rings (SSSR count). The molecule has 1 amide bonds. The molecule has 1 aliphatic rings. The van der Waals surface area contributed by atoms with Crippen molar-refractivity contribution < 1.29 is 13.6 Å². The molecule has 0 saturated heterocycles. The summed E-state index contributed by atoms with van der Waals surface area (Å²) in [4.78, 5) is 22.5. The van der Waals surface area contributed by atoms with Gasteiger partial charge in [-0.2, -0.15) is 0 Å². The van der Waals surface area contributed by atoms with Crippen molar-refractivity contribution in [3.05, 3.63) is 42.0 Å². The number of benzene rings is 1. The van der Waals surface area contributed by atoms with Crippen LogP contribution < -0.4 is 10.2 Å². The number of carbonyl (C=O) groups excluding carboxylic acids is 1. The topological polar surface area (TPSA) is 58.1 Å². The second kappa shape index (κ2) is 6.03. The standard InChI is InChI=1S/C17H14F2N4OS/c1-23(14-10(18)3-2-4-11(14)19)13-8-7-12-16(21-13)25-17(20-12)22-15(24)9-5-6-9/h2-4,7-9H,5-6H2,1H3,(H,20,22,24). The van der Waals surface area contributed by atoms with E-state index in [0.29, 0.717) is 21.3 Å². The maximum absolute atomic E-state index is 14.0. The molecule has 8 heteroatoms. The van der Waals surface area contributed by atoms with Crippen molar-refractivity contribution in [2.24, 2.45) is 5.92 Å². The first-order valence-electron chi connectivity index (χ1n) is 7.79. The van der Waals surface area contributed by atoms with Gasteiger partial charge in [0, 0.05) is 13.0 Å². The van der Waals surface area contributed by atoms with Gasteiger partial charge in [0.05, 0.1) is 0 Å². The predicted octanol–water partition coefficient (Wildman–Crippen LogP) is 4.09. The molecule has 3 aromatic rings. The van der Waals surface area contributed by atoms with Crippen molar-refractivity contribution in [1.82, 2.24) is 9.97 Å². The lowest BCUT2D eigenvalue weighted by atomic mass is 10.2. The van der Waals surface area contributed by atoms with Crippen molar-refractivity contribution in [3.8, 4) is 0 Å². The number of para-hydroxylation sites is 1. The minimum absolute atomic E-state index is 0.0233. The lowest BCUT2D eigenvalue weighted by molar-refractivity contribution is -0.117. The molecule has 1 fully saturated rings. The lowest BCUT2D eigenvalue weighted by Crippen LogP contribution is -2.14. The van der Waals surface area contributed by atoms with Gasteiger partial charge in [0.2, 0.25) is 5.91 Å². The zero-order valence-corrected chi connectivity index (χ0v) is 14.1. The van der Waals surface area contributed by atoms with Crippen LogP contribution in [0.2, 0.25) is 0 Å². The van der Waals surface area contributed by atoms with Crippen LogP contribution in [0, 0.1) is 17.6 Å². The molecule has 0 spiro atoms. The van der Waals surface area contributed by atoms with Gasteiger partial charge in [-0.15, -0.1) is 0 Å². The quantitative estimate of drug-likeness (QED) is 0.761. The zero-order chi connectivity index (χ0) is 17.6. The molecular weight excluding hydrogens is 346 g/mol.